The fraction of sp³-hybridized carbons (Fsp3) is 0.250. The van der Waals surface area contributed by atoms with Crippen LogP contribution in [0.4, 0.5) is 0 Å². The minimum Gasteiger partial charge on any atom is -0.493 e. The summed E-state index contributed by atoms with van der Waals surface area (Å²) in [6.07, 6.45) is 0. The van der Waals surface area contributed by atoms with Crippen LogP contribution < -0.4 is 14.2 Å². The molecule has 112 valence electrons. The number of aliphatic hydroxyl groups is 1. The zero-order valence-electron chi connectivity index (χ0n) is 11.9. The lowest BCUT2D eigenvalue weighted by Gasteiger charge is -2.13. The van der Waals surface area contributed by atoms with Gasteiger partial charge in [-0.15, -0.1) is 0 Å². The number of aliphatic hydroxyl groups excluding tert-OH is 1. The summed E-state index contributed by atoms with van der Waals surface area (Å²) in [4.78, 5) is 0. The third kappa shape index (κ3) is 3.60. The number of halogens is 1. The van der Waals surface area contributed by atoms with Crippen LogP contribution in [0, 0.1) is 0 Å². The molecule has 0 saturated carbocycles. The molecule has 0 amide bonds. The highest BCUT2D eigenvalue weighted by Gasteiger charge is 2.09. The lowest BCUT2D eigenvalue weighted by Crippen LogP contribution is -2.00. The molecule has 0 aliphatic carbocycles. The molecule has 0 fully saturated rings. The lowest BCUT2D eigenvalue weighted by molar-refractivity contribution is 0.259. The third-order valence-electron chi connectivity index (χ3n) is 3.08. The zero-order chi connectivity index (χ0) is 15.2. The molecule has 2 aromatic carbocycles. The minimum atomic E-state index is -0.166. The summed E-state index contributed by atoms with van der Waals surface area (Å²) in [6.45, 7) is 0.175. The Kier molecular flexibility index (Phi) is 5.31. The van der Waals surface area contributed by atoms with Crippen molar-refractivity contribution in [3.63, 3.8) is 0 Å². The third-order valence-corrected chi connectivity index (χ3v) is 3.43. The van der Waals surface area contributed by atoms with Crippen molar-refractivity contribution in [3.05, 3.63) is 52.5 Å². The Morgan fingerprint density at radius 3 is 2.43 bits per heavy atom. The molecule has 0 unspecified atom stereocenters. The van der Waals surface area contributed by atoms with Crippen LogP contribution in [-0.4, -0.2) is 19.3 Å². The van der Waals surface area contributed by atoms with Gasteiger partial charge in [-0.3, -0.25) is 0 Å². The predicted molar refractivity (Wildman–Crippen MR) is 81.3 cm³/mol. The summed E-state index contributed by atoms with van der Waals surface area (Å²) < 4.78 is 16.2. The maximum absolute atomic E-state index is 9.35. The van der Waals surface area contributed by atoms with Gasteiger partial charge in [0.05, 0.1) is 20.8 Å². The molecule has 0 aliphatic heterocycles. The van der Waals surface area contributed by atoms with Crippen LogP contribution >= 0.6 is 11.6 Å². The maximum atomic E-state index is 9.35. The van der Waals surface area contributed by atoms with Crippen LogP contribution in [0.3, 0.4) is 0 Å². The van der Waals surface area contributed by atoms with Gasteiger partial charge < -0.3 is 19.3 Å². The van der Waals surface area contributed by atoms with Crippen molar-refractivity contribution in [3.8, 4) is 17.2 Å². The highest BCUT2D eigenvalue weighted by Crippen LogP contribution is 2.30. The molecule has 0 heterocycles. The average molecular weight is 309 g/mol. The van der Waals surface area contributed by atoms with Crippen molar-refractivity contribution in [2.45, 2.75) is 13.2 Å². The summed E-state index contributed by atoms with van der Waals surface area (Å²) in [6, 6.07) is 10.8. The van der Waals surface area contributed by atoms with Gasteiger partial charge in [0.2, 0.25) is 0 Å². The number of rotatable bonds is 6. The van der Waals surface area contributed by atoms with Crippen LogP contribution in [0.1, 0.15) is 11.1 Å². The SMILES string of the molecule is COc1ccc(COc2cccc(Cl)c2CO)cc1OC. The van der Waals surface area contributed by atoms with Gasteiger partial charge in [0.25, 0.3) is 0 Å². The minimum absolute atomic E-state index is 0.166. The van der Waals surface area contributed by atoms with Gasteiger partial charge in [0, 0.05) is 10.6 Å². The highest BCUT2D eigenvalue weighted by molar-refractivity contribution is 6.31. The summed E-state index contributed by atoms with van der Waals surface area (Å²) in [5.74, 6) is 1.88. The zero-order valence-corrected chi connectivity index (χ0v) is 12.7. The van der Waals surface area contributed by atoms with E-state index in [1.54, 1.807) is 32.4 Å². The Balaban J connectivity index is 2.15. The number of methoxy groups -OCH3 is 2. The van der Waals surface area contributed by atoms with Gasteiger partial charge in [-0.25, -0.2) is 0 Å². The maximum Gasteiger partial charge on any atom is 0.161 e. The van der Waals surface area contributed by atoms with E-state index in [4.69, 9.17) is 25.8 Å². The summed E-state index contributed by atoms with van der Waals surface area (Å²) >= 11 is 6.02. The number of hydrogen-bond donors (Lipinski definition) is 1. The number of ether oxygens (including phenoxy) is 3. The average Bonchev–Trinajstić information content (AvgIpc) is 2.52. The van der Waals surface area contributed by atoms with Crippen LogP contribution in [0.5, 0.6) is 17.2 Å². The smallest absolute Gasteiger partial charge is 0.161 e. The van der Waals surface area contributed by atoms with E-state index in [9.17, 15) is 5.11 Å². The van der Waals surface area contributed by atoms with E-state index < -0.39 is 0 Å². The Hall–Kier alpha value is -1.91. The lowest BCUT2D eigenvalue weighted by atomic mass is 10.2. The molecule has 21 heavy (non-hydrogen) atoms. The molecule has 0 aliphatic rings. The molecular formula is C16H17ClO4. The highest BCUT2D eigenvalue weighted by atomic mass is 35.5. The summed E-state index contributed by atoms with van der Waals surface area (Å²) in [5, 5.41) is 9.83. The van der Waals surface area contributed by atoms with Crippen molar-refractivity contribution < 1.29 is 19.3 Å². The first-order valence-electron chi connectivity index (χ1n) is 6.41. The van der Waals surface area contributed by atoms with Gasteiger partial charge in [-0.05, 0) is 29.8 Å². The van der Waals surface area contributed by atoms with Gasteiger partial charge in [-0.2, -0.15) is 0 Å². The van der Waals surface area contributed by atoms with Crippen LogP contribution in [0.25, 0.3) is 0 Å². The Morgan fingerprint density at radius 1 is 1.00 bits per heavy atom. The molecular weight excluding hydrogens is 292 g/mol. The molecule has 0 aromatic heterocycles. The van der Waals surface area contributed by atoms with Gasteiger partial charge in [0.15, 0.2) is 11.5 Å². The molecule has 0 spiro atoms. The molecule has 0 atom stereocenters. The van der Waals surface area contributed by atoms with E-state index in [2.05, 4.69) is 0 Å². The fourth-order valence-corrected chi connectivity index (χ4v) is 2.18. The van der Waals surface area contributed by atoms with E-state index >= 15 is 0 Å². The van der Waals surface area contributed by atoms with Gasteiger partial charge in [-0.1, -0.05) is 23.7 Å². The van der Waals surface area contributed by atoms with Gasteiger partial charge in [0.1, 0.15) is 12.4 Å². The van der Waals surface area contributed by atoms with E-state index in [1.165, 1.54) is 0 Å². The quantitative estimate of drug-likeness (QED) is 0.888. The van der Waals surface area contributed by atoms with Crippen LogP contribution in [-0.2, 0) is 13.2 Å². The summed E-state index contributed by atoms with van der Waals surface area (Å²) in [7, 11) is 3.18. The van der Waals surface area contributed by atoms with Crippen molar-refractivity contribution in [1.29, 1.82) is 0 Å². The number of hydrogen-bond acceptors (Lipinski definition) is 4. The normalized spacial score (nSPS) is 10.3. The van der Waals surface area contributed by atoms with E-state index in [1.807, 2.05) is 18.2 Å². The largest absolute Gasteiger partial charge is 0.493 e. The second kappa shape index (κ2) is 7.20. The van der Waals surface area contributed by atoms with E-state index in [-0.39, 0.29) is 6.61 Å². The van der Waals surface area contributed by atoms with Gasteiger partial charge >= 0.3 is 0 Å². The first-order chi connectivity index (χ1) is 10.2. The first-order valence-corrected chi connectivity index (χ1v) is 6.79. The van der Waals surface area contributed by atoms with E-state index in [0.29, 0.717) is 34.4 Å². The second-order valence-corrected chi connectivity index (χ2v) is 4.76. The van der Waals surface area contributed by atoms with Crippen molar-refractivity contribution in [1.82, 2.24) is 0 Å². The number of benzene rings is 2. The monoisotopic (exact) mass is 308 g/mol. The Morgan fingerprint density at radius 2 is 1.76 bits per heavy atom. The Bertz CT molecular complexity index is 613. The molecule has 2 aromatic rings. The predicted octanol–water partition coefficient (Wildman–Crippen LogP) is 3.43. The fourth-order valence-electron chi connectivity index (χ4n) is 1.96. The van der Waals surface area contributed by atoms with Crippen molar-refractivity contribution in [2.75, 3.05) is 14.2 Å². The van der Waals surface area contributed by atoms with Crippen LogP contribution in [0.15, 0.2) is 36.4 Å². The van der Waals surface area contributed by atoms with Crippen molar-refractivity contribution in [2.24, 2.45) is 0 Å². The molecule has 4 nitrogen and oxygen atoms in total. The molecule has 2 rings (SSSR count). The first kappa shape index (κ1) is 15.5. The molecule has 0 radical (unpaired) electrons. The standard InChI is InChI=1S/C16H17ClO4/c1-19-15-7-6-11(8-16(15)20-2)10-21-14-5-3-4-13(17)12(14)9-18/h3-8,18H,9-10H2,1-2H3. The molecule has 0 saturated heterocycles. The second-order valence-electron chi connectivity index (χ2n) is 4.35. The van der Waals surface area contributed by atoms with Crippen LogP contribution in [0.2, 0.25) is 5.02 Å². The topological polar surface area (TPSA) is 47.9 Å². The summed E-state index contributed by atoms with van der Waals surface area (Å²) in [5.41, 5.74) is 1.51. The molecule has 0 bridgehead atoms. The Labute approximate surface area is 128 Å². The molecule has 1 N–H and O–H groups in total. The molecule has 5 heteroatoms. The van der Waals surface area contributed by atoms with E-state index in [0.717, 1.165) is 5.56 Å². The van der Waals surface area contributed by atoms with Crippen molar-refractivity contribution >= 4 is 11.6 Å².